The van der Waals surface area contributed by atoms with Gasteiger partial charge in [-0.05, 0) is 26.7 Å². The summed E-state index contributed by atoms with van der Waals surface area (Å²) in [6.45, 7) is 2.43. The minimum Gasteiger partial charge on any atom is -0.480 e. The fraction of sp³-hybridized carbons (Fsp3) is 0.818. The first-order chi connectivity index (χ1) is 8.06. The van der Waals surface area contributed by atoms with Crippen LogP contribution in [0.4, 0.5) is 13.2 Å². The molecule has 1 aliphatic heterocycles. The molecule has 7 heteroatoms. The number of amides is 1. The number of rotatable bonds is 2. The molecule has 0 aromatic heterocycles. The molecule has 0 bridgehead atoms. The minimum absolute atomic E-state index is 0.0419. The van der Waals surface area contributed by atoms with Crippen LogP contribution in [0.5, 0.6) is 0 Å². The summed E-state index contributed by atoms with van der Waals surface area (Å²) < 4.78 is 37.3. The Kier molecular flexibility index (Phi) is 3.92. The normalized spacial score (nSPS) is 18.8. The first kappa shape index (κ1) is 14.8. The largest absolute Gasteiger partial charge is 0.480 e. The lowest BCUT2D eigenvalue weighted by atomic mass is 9.89. The predicted molar refractivity (Wildman–Crippen MR) is 56.8 cm³/mol. The van der Waals surface area contributed by atoms with Crippen molar-refractivity contribution >= 4 is 11.9 Å². The third-order valence-corrected chi connectivity index (χ3v) is 3.31. The van der Waals surface area contributed by atoms with Crippen molar-refractivity contribution in [2.24, 2.45) is 11.3 Å². The van der Waals surface area contributed by atoms with Crippen LogP contribution in [0.25, 0.3) is 0 Å². The third-order valence-electron chi connectivity index (χ3n) is 3.31. The summed E-state index contributed by atoms with van der Waals surface area (Å²) in [7, 11) is 0. The van der Waals surface area contributed by atoms with Gasteiger partial charge in [0, 0.05) is 13.1 Å². The average Bonchev–Trinajstić information content (AvgIpc) is 2.26. The van der Waals surface area contributed by atoms with E-state index in [4.69, 9.17) is 5.11 Å². The van der Waals surface area contributed by atoms with Gasteiger partial charge in [0.05, 0.1) is 5.92 Å². The number of carbonyl (C=O) groups excluding carboxylic acids is 1. The highest BCUT2D eigenvalue weighted by Gasteiger charge is 2.45. The second-order valence-corrected chi connectivity index (χ2v) is 5.04. The van der Waals surface area contributed by atoms with Crippen LogP contribution >= 0.6 is 0 Å². The van der Waals surface area contributed by atoms with Crippen LogP contribution in [0, 0.1) is 11.3 Å². The molecule has 1 heterocycles. The van der Waals surface area contributed by atoms with E-state index in [2.05, 4.69) is 0 Å². The van der Waals surface area contributed by atoms with Crippen LogP contribution in [0.1, 0.15) is 26.7 Å². The van der Waals surface area contributed by atoms with Crippen molar-refractivity contribution in [2.75, 3.05) is 13.1 Å². The van der Waals surface area contributed by atoms with Gasteiger partial charge in [-0.15, -0.1) is 0 Å². The summed E-state index contributed by atoms with van der Waals surface area (Å²) in [4.78, 5) is 24.0. The second kappa shape index (κ2) is 4.78. The lowest BCUT2D eigenvalue weighted by molar-refractivity contribution is -0.188. The van der Waals surface area contributed by atoms with Gasteiger partial charge in [-0.2, -0.15) is 13.2 Å². The Balaban J connectivity index is 2.64. The number of carboxylic acids is 1. The van der Waals surface area contributed by atoms with Crippen LogP contribution in [-0.2, 0) is 9.59 Å². The number of carbonyl (C=O) groups is 2. The number of aliphatic carboxylic acids is 1. The molecule has 1 rings (SSSR count). The van der Waals surface area contributed by atoms with Crippen LogP contribution in [-0.4, -0.2) is 41.1 Å². The highest BCUT2D eigenvalue weighted by atomic mass is 19.4. The SMILES string of the molecule is CC(C)(C(=O)O)C(=O)N1CCC(C(F)(F)F)CC1. The fourth-order valence-electron chi connectivity index (χ4n) is 1.90. The molecular weight excluding hydrogens is 251 g/mol. The van der Waals surface area contributed by atoms with Crippen molar-refractivity contribution in [2.45, 2.75) is 32.9 Å². The maximum Gasteiger partial charge on any atom is 0.391 e. The molecule has 0 atom stereocenters. The van der Waals surface area contributed by atoms with Gasteiger partial charge in [-0.25, -0.2) is 0 Å². The lowest BCUT2D eigenvalue weighted by Crippen LogP contribution is -2.49. The van der Waals surface area contributed by atoms with Crippen LogP contribution in [0.2, 0.25) is 0 Å². The molecule has 0 saturated carbocycles. The maximum absolute atomic E-state index is 12.4. The number of piperidine rings is 1. The van der Waals surface area contributed by atoms with Crippen molar-refractivity contribution < 1.29 is 27.9 Å². The Morgan fingerprint density at radius 1 is 1.17 bits per heavy atom. The van der Waals surface area contributed by atoms with Crippen molar-refractivity contribution in [1.29, 1.82) is 0 Å². The third kappa shape index (κ3) is 2.94. The summed E-state index contributed by atoms with van der Waals surface area (Å²) in [6, 6.07) is 0. The lowest BCUT2D eigenvalue weighted by Gasteiger charge is -2.36. The highest BCUT2D eigenvalue weighted by molar-refractivity contribution is 6.01. The first-order valence-corrected chi connectivity index (χ1v) is 5.66. The van der Waals surface area contributed by atoms with E-state index in [9.17, 15) is 22.8 Å². The van der Waals surface area contributed by atoms with E-state index >= 15 is 0 Å². The Bertz CT molecular complexity index is 344. The average molecular weight is 267 g/mol. The molecule has 0 unspecified atom stereocenters. The van der Waals surface area contributed by atoms with E-state index in [0.29, 0.717) is 0 Å². The summed E-state index contributed by atoms with van der Waals surface area (Å²) in [5.74, 6) is -3.30. The Labute approximate surface area is 103 Å². The zero-order valence-electron chi connectivity index (χ0n) is 10.3. The van der Waals surface area contributed by atoms with E-state index in [1.54, 1.807) is 0 Å². The smallest absolute Gasteiger partial charge is 0.391 e. The number of hydrogen-bond donors (Lipinski definition) is 1. The summed E-state index contributed by atoms with van der Waals surface area (Å²) in [5, 5.41) is 8.90. The summed E-state index contributed by atoms with van der Waals surface area (Å²) >= 11 is 0. The van der Waals surface area contributed by atoms with Gasteiger partial charge < -0.3 is 10.0 Å². The summed E-state index contributed by atoms with van der Waals surface area (Å²) in [6.07, 6.45) is -4.56. The molecule has 0 spiro atoms. The molecule has 104 valence electrons. The number of carboxylic acid groups (broad SMARTS) is 1. The minimum atomic E-state index is -4.24. The van der Waals surface area contributed by atoms with Crippen molar-refractivity contribution in [3.8, 4) is 0 Å². The Hall–Kier alpha value is -1.27. The topological polar surface area (TPSA) is 57.6 Å². The zero-order valence-corrected chi connectivity index (χ0v) is 10.3. The number of alkyl halides is 3. The van der Waals surface area contributed by atoms with Crippen LogP contribution in [0.15, 0.2) is 0 Å². The number of likely N-dealkylation sites (tertiary alicyclic amines) is 1. The van der Waals surface area contributed by atoms with Gasteiger partial charge in [-0.1, -0.05) is 0 Å². The fourth-order valence-corrected chi connectivity index (χ4v) is 1.90. The van der Waals surface area contributed by atoms with Crippen molar-refractivity contribution in [3.05, 3.63) is 0 Å². The van der Waals surface area contributed by atoms with Crippen molar-refractivity contribution in [3.63, 3.8) is 0 Å². The Morgan fingerprint density at radius 3 is 1.94 bits per heavy atom. The van der Waals surface area contributed by atoms with Gasteiger partial charge in [-0.3, -0.25) is 9.59 Å². The number of halogens is 3. The zero-order chi connectivity index (χ0) is 14.1. The molecule has 1 saturated heterocycles. The van der Waals surface area contributed by atoms with Crippen LogP contribution < -0.4 is 0 Å². The quantitative estimate of drug-likeness (QED) is 0.777. The molecule has 0 aromatic rings. The molecule has 1 amide bonds. The van der Waals surface area contributed by atoms with E-state index < -0.39 is 29.4 Å². The summed E-state index contributed by atoms with van der Waals surface area (Å²) in [5.41, 5.74) is -1.59. The molecule has 0 aromatic carbocycles. The van der Waals surface area contributed by atoms with Gasteiger partial charge in [0.1, 0.15) is 5.41 Å². The molecule has 0 radical (unpaired) electrons. The predicted octanol–water partition coefficient (Wildman–Crippen LogP) is 1.90. The van der Waals surface area contributed by atoms with Crippen LogP contribution in [0.3, 0.4) is 0 Å². The van der Waals surface area contributed by atoms with Gasteiger partial charge >= 0.3 is 12.1 Å². The molecule has 0 aliphatic carbocycles. The van der Waals surface area contributed by atoms with Gasteiger partial charge in [0.2, 0.25) is 5.91 Å². The molecule has 4 nitrogen and oxygen atoms in total. The monoisotopic (exact) mass is 267 g/mol. The maximum atomic E-state index is 12.4. The standard InChI is InChI=1S/C11H16F3NO3/c1-10(2,9(17)18)8(16)15-5-3-7(4-6-15)11(12,13)14/h7H,3-6H2,1-2H3,(H,17,18). The van der Waals surface area contributed by atoms with Crippen molar-refractivity contribution in [1.82, 2.24) is 4.90 Å². The molecular formula is C11H16F3NO3. The first-order valence-electron chi connectivity index (χ1n) is 5.66. The molecule has 1 N–H and O–H groups in total. The molecule has 1 aliphatic rings. The van der Waals surface area contributed by atoms with Gasteiger partial charge in [0.15, 0.2) is 0 Å². The van der Waals surface area contributed by atoms with Gasteiger partial charge in [0.25, 0.3) is 0 Å². The number of hydrogen-bond acceptors (Lipinski definition) is 2. The van der Waals surface area contributed by atoms with E-state index in [1.165, 1.54) is 18.7 Å². The molecule has 18 heavy (non-hydrogen) atoms. The highest BCUT2D eigenvalue weighted by Crippen LogP contribution is 2.35. The van der Waals surface area contributed by atoms with E-state index in [0.717, 1.165) is 0 Å². The molecule has 1 fully saturated rings. The second-order valence-electron chi connectivity index (χ2n) is 5.04. The van der Waals surface area contributed by atoms with E-state index in [1.807, 2.05) is 0 Å². The number of nitrogens with zero attached hydrogens (tertiary/aromatic N) is 1. The Morgan fingerprint density at radius 2 is 1.61 bits per heavy atom. The van der Waals surface area contributed by atoms with E-state index in [-0.39, 0.29) is 25.9 Å².